The Bertz CT molecular complexity index is 906. The zero-order chi connectivity index (χ0) is 23.2. The van der Waals surface area contributed by atoms with Crippen LogP contribution in [0.4, 0.5) is 5.69 Å². The molecular formula is C21H27NO9. The summed E-state index contributed by atoms with van der Waals surface area (Å²) in [5.41, 5.74) is -1.61. The summed E-state index contributed by atoms with van der Waals surface area (Å²) < 4.78 is 26.5. The molecule has 10 heteroatoms. The van der Waals surface area contributed by atoms with Gasteiger partial charge in [0.1, 0.15) is 5.60 Å². The Balaban J connectivity index is 2.84. The molecule has 0 saturated heterocycles. The molecule has 31 heavy (non-hydrogen) atoms. The van der Waals surface area contributed by atoms with Gasteiger partial charge in [-0.3, -0.25) is 10.1 Å². The van der Waals surface area contributed by atoms with Crippen molar-refractivity contribution in [1.82, 2.24) is 0 Å². The van der Waals surface area contributed by atoms with Gasteiger partial charge in [0.15, 0.2) is 17.2 Å². The van der Waals surface area contributed by atoms with Crippen molar-refractivity contribution in [2.24, 2.45) is 0 Å². The van der Waals surface area contributed by atoms with Crippen LogP contribution in [0.2, 0.25) is 0 Å². The number of hydrogen-bond donors (Lipinski definition) is 2. The predicted octanol–water partition coefficient (Wildman–Crippen LogP) is 2.65. The van der Waals surface area contributed by atoms with Gasteiger partial charge in [-0.15, -0.1) is 0 Å². The lowest BCUT2D eigenvalue weighted by molar-refractivity contribution is -0.386. The Labute approximate surface area is 180 Å². The van der Waals surface area contributed by atoms with Crippen molar-refractivity contribution >= 4 is 5.69 Å². The number of benzene rings is 2. The van der Waals surface area contributed by atoms with E-state index in [1.165, 1.54) is 47.7 Å². The highest BCUT2D eigenvalue weighted by atomic mass is 16.6. The molecule has 0 aliphatic carbocycles. The Kier molecular flexibility index (Phi) is 7.89. The molecule has 0 spiro atoms. The van der Waals surface area contributed by atoms with Crippen molar-refractivity contribution in [3.63, 3.8) is 0 Å². The van der Waals surface area contributed by atoms with Crippen molar-refractivity contribution in [3.8, 4) is 28.7 Å². The lowest BCUT2D eigenvalue weighted by atomic mass is 9.82. The molecule has 1 unspecified atom stereocenters. The summed E-state index contributed by atoms with van der Waals surface area (Å²) in [6, 6.07) is 5.80. The molecule has 170 valence electrons. The zero-order valence-electron chi connectivity index (χ0n) is 18.1. The number of aliphatic hydroxyl groups excluding tert-OH is 1. The van der Waals surface area contributed by atoms with E-state index in [4.69, 9.17) is 23.7 Å². The summed E-state index contributed by atoms with van der Waals surface area (Å²) in [5.74, 6) is 0.951. The average molecular weight is 437 g/mol. The third kappa shape index (κ3) is 4.59. The van der Waals surface area contributed by atoms with E-state index in [1.807, 2.05) is 0 Å². The summed E-state index contributed by atoms with van der Waals surface area (Å²) >= 11 is 0. The standard InChI is InChI=1S/C21H27NO9/c1-27-16-10-13(9-15(22(25)26)19(16)30-4)21(24,7-6-8-23)14-11-17(28-2)20(31-5)18(12-14)29-3/h9-12,23-24H,6-8H2,1-5H3. The van der Waals surface area contributed by atoms with Gasteiger partial charge in [-0.2, -0.15) is 0 Å². The second kappa shape index (κ2) is 10.2. The minimum atomic E-state index is -1.75. The smallest absolute Gasteiger partial charge is 0.315 e. The van der Waals surface area contributed by atoms with Crippen LogP contribution in [0.5, 0.6) is 28.7 Å². The van der Waals surface area contributed by atoms with Crippen molar-refractivity contribution in [3.05, 3.63) is 45.5 Å². The third-order valence-electron chi connectivity index (χ3n) is 4.97. The van der Waals surface area contributed by atoms with Crippen molar-refractivity contribution in [1.29, 1.82) is 0 Å². The molecule has 2 aromatic rings. The molecule has 2 N–H and O–H groups in total. The van der Waals surface area contributed by atoms with Crippen LogP contribution in [0.3, 0.4) is 0 Å². The van der Waals surface area contributed by atoms with Crippen LogP contribution in [0.15, 0.2) is 24.3 Å². The first-order valence-corrected chi connectivity index (χ1v) is 9.35. The van der Waals surface area contributed by atoms with Gasteiger partial charge in [-0.05, 0) is 42.2 Å². The largest absolute Gasteiger partial charge is 0.493 e. The molecule has 0 aromatic heterocycles. The topological polar surface area (TPSA) is 130 Å². The average Bonchev–Trinajstić information content (AvgIpc) is 2.80. The molecule has 2 aromatic carbocycles. The van der Waals surface area contributed by atoms with E-state index in [2.05, 4.69) is 0 Å². The Hall–Kier alpha value is -3.24. The van der Waals surface area contributed by atoms with Gasteiger partial charge in [-0.1, -0.05) is 0 Å². The fourth-order valence-electron chi connectivity index (χ4n) is 3.43. The van der Waals surface area contributed by atoms with Gasteiger partial charge in [-0.25, -0.2) is 0 Å². The Morgan fingerprint density at radius 1 is 0.839 bits per heavy atom. The fourth-order valence-corrected chi connectivity index (χ4v) is 3.43. The second-order valence-electron chi connectivity index (χ2n) is 6.59. The van der Waals surface area contributed by atoms with Crippen molar-refractivity contribution in [2.45, 2.75) is 18.4 Å². The molecule has 0 heterocycles. The summed E-state index contributed by atoms with van der Waals surface area (Å²) in [5, 5.41) is 32.9. The first kappa shape index (κ1) is 24.0. The van der Waals surface area contributed by atoms with E-state index >= 15 is 0 Å². The molecule has 0 amide bonds. The van der Waals surface area contributed by atoms with Gasteiger partial charge < -0.3 is 33.9 Å². The molecule has 0 saturated carbocycles. The van der Waals surface area contributed by atoms with Gasteiger partial charge in [0.2, 0.25) is 11.5 Å². The van der Waals surface area contributed by atoms with Crippen LogP contribution in [0.1, 0.15) is 24.0 Å². The number of aliphatic hydroxyl groups is 2. The maximum atomic E-state index is 11.8. The summed E-state index contributed by atoms with van der Waals surface area (Å²) in [6.07, 6.45) is 0.268. The number of nitro groups is 1. The SMILES string of the molecule is COc1cc(C(O)(CCCO)c2cc(OC)c(OC)c([N+](=O)[O-])c2)cc(OC)c1OC. The maximum Gasteiger partial charge on any atom is 0.315 e. The van der Waals surface area contributed by atoms with E-state index in [-0.39, 0.29) is 42.2 Å². The van der Waals surface area contributed by atoms with Crippen LogP contribution < -0.4 is 23.7 Å². The molecule has 1 atom stereocenters. The van der Waals surface area contributed by atoms with Crippen LogP contribution in [-0.2, 0) is 5.60 Å². The van der Waals surface area contributed by atoms with Crippen molar-refractivity contribution in [2.75, 3.05) is 42.2 Å². The molecule has 0 aliphatic rings. The molecule has 2 rings (SSSR count). The van der Waals surface area contributed by atoms with E-state index < -0.39 is 10.5 Å². The molecule has 0 fully saturated rings. The zero-order valence-corrected chi connectivity index (χ0v) is 18.1. The van der Waals surface area contributed by atoms with Gasteiger partial charge >= 0.3 is 5.69 Å². The molecule has 0 bridgehead atoms. The number of nitro benzene ring substituents is 1. The second-order valence-corrected chi connectivity index (χ2v) is 6.59. The number of hydrogen-bond acceptors (Lipinski definition) is 9. The molecule has 10 nitrogen and oxygen atoms in total. The van der Waals surface area contributed by atoms with E-state index in [9.17, 15) is 20.3 Å². The predicted molar refractivity (Wildman–Crippen MR) is 112 cm³/mol. The first-order chi connectivity index (χ1) is 14.8. The van der Waals surface area contributed by atoms with E-state index in [0.29, 0.717) is 22.8 Å². The van der Waals surface area contributed by atoms with Gasteiger partial charge in [0.05, 0.1) is 40.5 Å². The number of ether oxygens (including phenoxy) is 5. The third-order valence-corrected chi connectivity index (χ3v) is 4.97. The number of rotatable bonds is 11. The van der Waals surface area contributed by atoms with Crippen LogP contribution in [-0.4, -0.2) is 57.3 Å². The van der Waals surface area contributed by atoms with Crippen LogP contribution in [0, 0.1) is 10.1 Å². The van der Waals surface area contributed by atoms with E-state index in [1.54, 1.807) is 12.1 Å². The van der Waals surface area contributed by atoms with Crippen LogP contribution >= 0.6 is 0 Å². The molecular weight excluding hydrogens is 410 g/mol. The monoisotopic (exact) mass is 437 g/mol. The van der Waals surface area contributed by atoms with E-state index in [0.717, 1.165) is 0 Å². The lowest BCUT2D eigenvalue weighted by Crippen LogP contribution is -2.28. The molecule has 0 radical (unpaired) electrons. The highest BCUT2D eigenvalue weighted by molar-refractivity contribution is 5.62. The fraction of sp³-hybridized carbons (Fsp3) is 0.429. The summed E-state index contributed by atoms with van der Waals surface area (Å²) in [4.78, 5) is 11.0. The molecule has 0 aliphatic heterocycles. The van der Waals surface area contributed by atoms with Crippen LogP contribution in [0.25, 0.3) is 0 Å². The lowest BCUT2D eigenvalue weighted by Gasteiger charge is -2.31. The quantitative estimate of drug-likeness (QED) is 0.402. The first-order valence-electron chi connectivity index (χ1n) is 9.35. The minimum absolute atomic E-state index is 0.0504. The van der Waals surface area contributed by atoms with Gasteiger partial charge in [0.25, 0.3) is 0 Å². The Morgan fingerprint density at radius 3 is 1.68 bits per heavy atom. The maximum absolute atomic E-state index is 11.8. The number of nitrogens with zero attached hydrogens (tertiary/aromatic N) is 1. The summed E-state index contributed by atoms with van der Waals surface area (Å²) in [6.45, 7) is -0.192. The minimum Gasteiger partial charge on any atom is -0.493 e. The Morgan fingerprint density at radius 2 is 1.29 bits per heavy atom. The highest BCUT2D eigenvalue weighted by Gasteiger charge is 2.37. The number of methoxy groups -OCH3 is 5. The normalized spacial score (nSPS) is 12.6. The van der Waals surface area contributed by atoms with Gasteiger partial charge in [0, 0.05) is 12.7 Å². The van der Waals surface area contributed by atoms with Crippen molar-refractivity contribution < 1.29 is 38.8 Å². The summed E-state index contributed by atoms with van der Waals surface area (Å²) in [7, 11) is 6.97. The highest BCUT2D eigenvalue weighted by Crippen LogP contribution is 2.47.